The second kappa shape index (κ2) is 9.74. The highest BCUT2D eigenvalue weighted by atomic mass is 32.2. The zero-order valence-corrected chi connectivity index (χ0v) is 18.2. The number of benzene rings is 2. The normalized spacial score (nSPS) is 13.2. The highest BCUT2D eigenvalue weighted by Gasteiger charge is 2.37. The van der Waals surface area contributed by atoms with Gasteiger partial charge in [-0.2, -0.15) is 4.31 Å². The fraction of sp³-hybridized carbons (Fsp3) is 0.348. The minimum atomic E-state index is -4.05. The molecule has 0 bridgehead atoms. The van der Waals surface area contributed by atoms with Crippen LogP contribution in [0.3, 0.4) is 0 Å². The Morgan fingerprint density at radius 1 is 1.03 bits per heavy atom. The van der Waals surface area contributed by atoms with Crippen molar-refractivity contribution >= 4 is 22.2 Å². The van der Waals surface area contributed by atoms with Crippen LogP contribution in [0.25, 0.3) is 6.08 Å². The summed E-state index contributed by atoms with van der Waals surface area (Å²) in [5, 5.41) is 0. The molecule has 0 aliphatic heterocycles. The van der Waals surface area contributed by atoms with Gasteiger partial charge in [-0.3, -0.25) is 0 Å². The fourth-order valence-electron chi connectivity index (χ4n) is 2.81. The lowest BCUT2D eigenvalue weighted by Gasteiger charge is -2.32. The summed E-state index contributed by atoms with van der Waals surface area (Å²) in [6, 6.07) is 17.1. The van der Waals surface area contributed by atoms with Crippen LogP contribution in [0.5, 0.6) is 0 Å². The van der Waals surface area contributed by atoms with Crippen molar-refractivity contribution in [1.29, 1.82) is 0 Å². The van der Waals surface area contributed by atoms with Crippen LogP contribution in [0.4, 0.5) is 4.79 Å². The molecule has 0 spiro atoms. The van der Waals surface area contributed by atoms with Crippen molar-refractivity contribution in [3.8, 4) is 0 Å². The smallest absolute Gasteiger partial charge is 0.424 e. The van der Waals surface area contributed by atoms with Gasteiger partial charge in [0.25, 0.3) is 10.0 Å². The molecule has 0 fully saturated rings. The zero-order valence-electron chi connectivity index (χ0n) is 17.4. The van der Waals surface area contributed by atoms with E-state index < -0.39 is 27.8 Å². The van der Waals surface area contributed by atoms with Crippen LogP contribution < -0.4 is 0 Å². The summed E-state index contributed by atoms with van der Waals surface area (Å²) in [5.74, 6) is 0. The number of rotatable bonds is 7. The van der Waals surface area contributed by atoms with E-state index in [1.165, 1.54) is 12.1 Å². The Bertz CT molecular complexity index is 916. The third-order valence-electron chi connectivity index (χ3n) is 4.19. The number of carbonyl (C=O) groups excluding carboxylic acids is 1. The number of hydrogen-bond acceptors (Lipinski definition) is 4. The number of sulfonamides is 1. The van der Waals surface area contributed by atoms with E-state index >= 15 is 0 Å². The molecule has 0 N–H and O–H groups in total. The number of amides is 1. The van der Waals surface area contributed by atoms with E-state index in [0.717, 1.165) is 9.87 Å². The second-order valence-electron chi connectivity index (χ2n) is 7.71. The van der Waals surface area contributed by atoms with Gasteiger partial charge in [0.15, 0.2) is 0 Å². The van der Waals surface area contributed by atoms with Gasteiger partial charge in [-0.25, -0.2) is 13.2 Å². The van der Waals surface area contributed by atoms with E-state index in [0.29, 0.717) is 12.8 Å². The lowest BCUT2D eigenvalue weighted by atomic mass is 10.1. The lowest BCUT2D eigenvalue weighted by molar-refractivity contribution is 0.0337. The van der Waals surface area contributed by atoms with Gasteiger partial charge < -0.3 is 4.74 Å². The van der Waals surface area contributed by atoms with Gasteiger partial charge in [0.05, 0.1) is 10.9 Å². The van der Waals surface area contributed by atoms with Gasteiger partial charge in [0.2, 0.25) is 0 Å². The molecule has 2 aromatic carbocycles. The first-order valence-electron chi connectivity index (χ1n) is 9.69. The number of carbonyl (C=O) groups is 1. The van der Waals surface area contributed by atoms with Crippen molar-refractivity contribution in [1.82, 2.24) is 4.31 Å². The SMILES string of the molecule is CCC(C/C=C/c1ccccc1)N(C(=O)OC(C)(C)C)S(=O)(=O)c1ccccc1. The minimum Gasteiger partial charge on any atom is -0.443 e. The van der Waals surface area contributed by atoms with Crippen LogP contribution in [-0.2, 0) is 14.8 Å². The van der Waals surface area contributed by atoms with E-state index in [4.69, 9.17) is 4.74 Å². The van der Waals surface area contributed by atoms with Crippen LogP contribution in [0.2, 0.25) is 0 Å². The fourth-order valence-corrected chi connectivity index (χ4v) is 4.40. The molecule has 0 saturated carbocycles. The van der Waals surface area contributed by atoms with E-state index in [9.17, 15) is 13.2 Å². The van der Waals surface area contributed by atoms with Crippen molar-refractivity contribution in [2.75, 3.05) is 0 Å². The van der Waals surface area contributed by atoms with Crippen molar-refractivity contribution in [2.24, 2.45) is 0 Å². The molecule has 6 heteroatoms. The van der Waals surface area contributed by atoms with E-state index in [2.05, 4.69) is 0 Å². The molecule has 0 aromatic heterocycles. The Hall–Kier alpha value is -2.60. The summed E-state index contributed by atoms with van der Waals surface area (Å²) in [4.78, 5) is 13.0. The lowest BCUT2D eigenvalue weighted by Crippen LogP contribution is -2.46. The molecule has 1 atom stereocenters. The molecule has 0 heterocycles. The van der Waals surface area contributed by atoms with Gasteiger partial charge in [-0.15, -0.1) is 0 Å². The Balaban J connectivity index is 2.36. The van der Waals surface area contributed by atoms with E-state index in [1.807, 2.05) is 49.4 Å². The van der Waals surface area contributed by atoms with Crippen molar-refractivity contribution in [3.05, 3.63) is 72.3 Å². The number of nitrogens with zero attached hydrogens (tertiary/aromatic N) is 1. The quantitative estimate of drug-likeness (QED) is 0.599. The van der Waals surface area contributed by atoms with E-state index in [1.54, 1.807) is 39.0 Å². The third-order valence-corrected chi connectivity index (χ3v) is 6.03. The zero-order chi connectivity index (χ0) is 21.5. The molecule has 156 valence electrons. The molecular weight excluding hydrogens is 386 g/mol. The first kappa shape index (κ1) is 22.7. The first-order valence-corrected chi connectivity index (χ1v) is 11.1. The predicted molar refractivity (Wildman–Crippen MR) is 116 cm³/mol. The highest BCUT2D eigenvalue weighted by molar-refractivity contribution is 7.89. The van der Waals surface area contributed by atoms with Gasteiger partial charge in [0, 0.05) is 0 Å². The van der Waals surface area contributed by atoms with Crippen LogP contribution in [-0.4, -0.2) is 30.5 Å². The largest absolute Gasteiger partial charge is 0.443 e. The highest BCUT2D eigenvalue weighted by Crippen LogP contribution is 2.25. The molecule has 2 rings (SSSR count). The maximum atomic E-state index is 13.3. The predicted octanol–water partition coefficient (Wildman–Crippen LogP) is 5.49. The maximum absolute atomic E-state index is 13.3. The Labute approximate surface area is 174 Å². The summed E-state index contributed by atoms with van der Waals surface area (Å²) in [6.45, 7) is 7.01. The molecule has 29 heavy (non-hydrogen) atoms. The standard InChI is InChI=1S/C23H29NO4S/c1-5-20(16-12-15-19-13-8-6-9-14-19)24(22(25)28-23(2,3)4)29(26,27)21-17-10-7-11-18-21/h6-15,17-18,20H,5,16H2,1-4H3/b15-12+. The third kappa shape index (κ3) is 6.46. The average molecular weight is 416 g/mol. The Kier molecular flexibility index (Phi) is 7.62. The Morgan fingerprint density at radius 2 is 1.59 bits per heavy atom. The second-order valence-corrected chi connectivity index (χ2v) is 9.52. The molecule has 0 aliphatic carbocycles. The van der Waals surface area contributed by atoms with Crippen molar-refractivity contribution in [3.63, 3.8) is 0 Å². The van der Waals surface area contributed by atoms with Gasteiger partial charge in [0.1, 0.15) is 5.60 Å². The minimum absolute atomic E-state index is 0.0661. The van der Waals surface area contributed by atoms with Crippen molar-refractivity contribution in [2.45, 2.75) is 57.1 Å². The monoisotopic (exact) mass is 415 g/mol. The van der Waals surface area contributed by atoms with Crippen LogP contribution in [0, 0.1) is 0 Å². The van der Waals surface area contributed by atoms with Crippen LogP contribution >= 0.6 is 0 Å². The molecule has 0 saturated heterocycles. The van der Waals surface area contributed by atoms with Crippen molar-refractivity contribution < 1.29 is 17.9 Å². The molecule has 0 radical (unpaired) electrons. The molecule has 0 aliphatic rings. The average Bonchev–Trinajstić information content (AvgIpc) is 2.67. The molecule has 1 amide bonds. The van der Waals surface area contributed by atoms with Gasteiger partial charge in [-0.05, 0) is 51.3 Å². The number of hydrogen-bond donors (Lipinski definition) is 0. The number of ether oxygens (including phenoxy) is 1. The summed E-state index contributed by atoms with van der Waals surface area (Å²) in [6.07, 6.45) is 3.80. The summed E-state index contributed by atoms with van der Waals surface area (Å²) in [5.41, 5.74) is 0.205. The molecule has 2 aromatic rings. The summed E-state index contributed by atoms with van der Waals surface area (Å²) in [7, 11) is -4.05. The van der Waals surface area contributed by atoms with Gasteiger partial charge >= 0.3 is 6.09 Å². The topological polar surface area (TPSA) is 63.7 Å². The summed E-state index contributed by atoms with van der Waals surface area (Å²) < 4.78 is 32.9. The summed E-state index contributed by atoms with van der Waals surface area (Å²) >= 11 is 0. The Morgan fingerprint density at radius 3 is 2.10 bits per heavy atom. The van der Waals surface area contributed by atoms with Crippen LogP contribution in [0.1, 0.15) is 46.1 Å². The maximum Gasteiger partial charge on any atom is 0.424 e. The molecule has 5 nitrogen and oxygen atoms in total. The molecular formula is C23H29NO4S. The first-order chi connectivity index (χ1) is 13.6. The molecule has 1 unspecified atom stereocenters. The van der Waals surface area contributed by atoms with Gasteiger partial charge in [-0.1, -0.05) is 67.6 Å². The van der Waals surface area contributed by atoms with Crippen LogP contribution in [0.15, 0.2) is 71.6 Å². The van der Waals surface area contributed by atoms with E-state index in [-0.39, 0.29) is 4.90 Å².